The molecule has 0 aromatic carbocycles. The van der Waals surface area contributed by atoms with Crippen LogP contribution in [0.1, 0.15) is 13.8 Å². The first-order valence-corrected chi connectivity index (χ1v) is 6.52. The van der Waals surface area contributed by atoms with Crippen LogP contribution < -0.4 is 16.4 Å². The molecule has 0 bridgehead atoms. The highest BCUT2D eigenvalue weighted by Crippen LogP contribution is 2.14. The van der Waals surface area contributed by atoms with Crippen LogP contribution in [0.5, 0.6) is 0 Å². The molecule has 0 spiro atoms. The highest BCUT2D eigenvalue weighted by molar-refractivity contribution is 5.85. The van der Waals surface area contributed by atoms with Crippen molar-refractivity contribution in [2.24, 2.45) is 5.73 Å². The maximum Gasteiger partial charge on any atom is 0.239 e. The number of ether oxygens (including phenoxy) is 1. The number of carbonyl (C=O) groups is 2. The maximum atomic E-state index is 11.6. The van der Waals surface area contributed by atoms with Crippen molar-refractivity contribution in [3.8, 4) is 0 Å². The fourth-order valence-corrected chi connectivity index (χ4v) is 1.91. The maximum absolute atomic E-state index is 11.6. The van der Waals surface area contributed by atoms with E-state index in [1.165, 1.54) is 0 Å². The highest BCUT2D eigenvalue weighted by atomic mass is 16.5. The molecule has 7 nitrogen and oxygen atoms in total. The Morgan fingerprint density at radius 3 is 2.42 bits per heavy atom. The molecule has 1 heterocycles. The van der Waals surface area contributed by atoms with E-state index in [9.17, 15) is 9.59 Å². The molecule has 0 radical (unpaired) electrons. The van der Waals surface area contributed by atoms with Gasteiger partial charge in [0.15, 0.2) is 0 Å². The average molecular weight is 272 g/mol. The first-order chi connectivity index (χ1) is 8.95. The van der Waals surface area contributed by atoms with Crippen LogP contribution in [-0.4, -0.2) is 68.2 Å². The highest BCUT2D eigenvalue weighted by Gasteiger charge is 2.28. The number of nitrogens with one attached hydrogen (secondary N) is 2. The number of hydrogen-bond acceptors (Lipinski definition) is 5. The van der Waals surface area contributed by atoms with E-state index in [1.807, 2.05) is 0 Å². The van der Waals surface area contributed by atoms with Gasteiger partial charge in [-0.25, -0.2) is 0 Å². The van der Waals surface area contributed by atoms with Crippen molar-refractivity contribution in [1.29, 1.82) is 0 Å². The topological polar surface area (TPSA) is 96.7 Å². The second-order valence-electron chi connectivity index (χ2n) is 5.17. The summed E-state index contributed by atoms with van der Waals surface area (Å²) in [5.41, 5.74) is 5.01. The van der Waals surface area contributed by atoms with Gasteiger partial charge >= 0.3 is 0 Å². The smallest absolute Gasteiger partial charge is 0.239 e. The molecule has 1 fully saturated rings. The number of carbonyl (C=O) groups excluding carboxylic acids is 2. The van der Waals surface area contributed by atoms with Gasteiger partial charge in [-0.05, 0) is 13.8 Å². The van der Waals surface area contributed by atoms with Gasteiger partial charge in [-0.3, -0.25) is 14.5 Å². The van der Waals surface area contributed by atoms with Crippen molar-refractivity contribution in [3.63, 3.8) is 0 Å². The van der Waals surface area contributed by atoms with E-state index in [2.05, 4.69) is 29.4 Å². The third-order valence-corrected chi connectivity index (χ3v) is 3.22. The van der Waals surface area contributed by atoms with Gasteiger partial charge in [0.1, 0.15) is 0 Å². The Morgan fingerprint density at radius 2 is 1.84 bits per heavy atom. The number of hydrogen-bond donors (Lipinski definition) is 3. The molecule has 2 amide bonds. The fraction of sp³-hybridized carbons (Fsp3) is 0.833. The first kappa shape index (κ1) is 15.9. The predicted molar refractivity (Wildman–Crippen MR) is 71.5 cm³/mol. The van der Waals surface area contributed by atoms with Gasteiger partial charge in [0.2, 0.25) is 11.8 Å². The summed E-state index contributed by atoms with van der Waals surface area (Å²) in [5, 5.41) is 5.26. The van der Waals surface area contributed by atoms with Crippen molar-refractivity contribution in [2.45, 2.75) is 19.4 Å². The Labute approximate surface area is 113 Å². The second kappa shape index (κ2) is 7.42. The SMILES string of the molecule is CC(C)(CNC(=O)CNC(=O)CN)N1CCOCC1. The molecular weight excluding hydrogens is 248 g/mol. The minimum absolute atomic E-state index is 0.0325. The van der Waals surface area contributed by atoms with E-state index in [0.717, 1.165) is 26.3 Å². The lowest BCUT2D eigenvalue weighted by molar-refractivity contribution is -0.125. The molecule has 1 aliphatic heterocycles. The van der Waals surface area contributed by atoms with Crippen LogP contribution in [0.15, 0.2) is 0 Å². The summed E-state index contributed by atoms with van der Waals surface area (Å²) in [6.07, 6.45) is 0. The van der Waals surface area contributed by atoms with Crippen molar-refractivity contribution >= 4 is 11.8 Å². The quantitative estimate of drug-likeness (QED) is 0.535. The molecule has 110 valence electrons. The van der Waals surface area contributed by atoms with Gasteiger partial charge in [0, 0.05) is 25.2 Å². The molecule has 1 saturated heterocycles. The lowest BCUT2D eigenvalue weighted by atomic mass is 10.0. The lowest BCUT2D eigenvalue weighted by Crippen LogP contribution is -2.56. The first-order valence-electron chi connectivity index (χ1n) is 6.52. The number of nitrogens with zero attached hydrogens (tertiary/aromatic N) is 1. The molecule has 0 aliphatic carbocycles. The van der Waals surface area contributed by atoms with Crippen molar-refractivity contribution in [3.05, 3.63) is 0 Å². The van der Waals surface area contributed by atoms with Crippen LogP contribution in [0.2, 0.25) is 0 Å². The summed E-state index contributed by atoms with van der Waals surface area (Å²) < 4.78 is 5.31. The summed E-state index contributed by atoms with van der Waals surface area (Å²) >= 11 is 0. The Balaban J connectivity index is 2.29. The summed E-state index contributed by atoms with van der Waals surface area (Å²) in [5.74, 6) is -0.536. The number of rotatable bonds is 6. The van der Waals surface area contributed by atoms with Gasteiger partial charge in [0.05, 0.1) is 26.3 Å². The van der Waals surface area contributed by atoms with Crippen LogP contribution >= 0.6 is 0 Å². The Morgan fingerprint density at radius 1 is 1.21 bits per heavy atom. The third kappa shape index (κ3) is 5.54. The molecule has 0 atom stereocenters. The molecule has 1 aliphatic rings. The Bertz CT molecular complexity index is 314. The van der Waals surface area contributed by atoms with Gasteiger partial charge in [-0.15, -0.1) is 0 Å². The zero-order valence-corrected chi connectivity index (χ0v) is 11.7. The van der Waals surface area contributed by atoms with E-state index in [4.69, 9.17) is 10.5 Å². The molecule has 0 saturated carbocycles. The second-order valence-corrected chi connectivity index (χ2v) is 5.17. The molecule has 1 rings (SSSR count). The Kier molecular flexibility index (Phi) is 6.20. The largest absolute Gasteiger partial charge is 0.379 e. The van der Waals surface area contributed by atoms with Crippen LogP contribution in [0, 0.1) is 0 Å². The third-order valence-electron chi connectivity index (χ3n) is 3.22. The van der Waals surface area contributed by atoms with Crippen LogP contribution in [0.4, 0.5) is 0 Å². The van der Waals surface area contributed by atoms with Gasteiger partial charge in [-0.1, -0.05) is 0 Å². The minimum Gasteiger partial charge on any atom is -0.379 e. The van der Waals surface area contributed by atoms with Crippen molar-refractivity contribution in [1.82, 2.24) is 15.5 Å². The monoisotopic (exact) mass is 272 g/mol. The molecule has 7 heteroatoms. The summed E-state index contributed by atoms with van der Waals surface area (Å²) in [6, 6.07) is 0. The van der Waals surface area contributed by atoms with Crippen LogP contribution in [-0.2, 0) is 14.3 Å². The van der Waals surface area contributed by atoms with Crippen molar-refractivity contribution < 1.29 is 14.3 Å². The lowest BCUT2D eigenvalue weighted by Gasteiger charge is -2.40. The number of amides is 2. The fourth-order valence-electron chi connectivity index (χ4n) is 1.91. The van der Waals surface area contributed by atoms with E-state index >= 15 is 0 Å². The number of nitrogens with two attached hydrogens (primary N) is 1. The van der Waals surface area contributed by atoms with Crippen LogP contribution in [0.3, 0.4) is 0 Å². The minimum atomic E-state index is -0.331. The predicted octanol–water partition coefficient (Wildman–Crippen LogP) is -1.71. The molecule has 19 heavy (non-hydrogen) atoms. The molecule has 0 unspecified atom stereocenters. The summed E-state index contributed by atoms with van der Waals surface area (Å²) in [6.45, 7) is 7.74. The normalized spacial score (nSPS) is 17.0. The van der Waals surface area contributed by atoms with E-state index in [1.54, 1.807) is 0 Å². The van der Waals surface area contributed by atoms with E-state index in [0.29, 0.717) is 6.54 Å². The van der Waals surface area contributed by atoms with Gasteiger partial charge < -0.3 is 21.1 Å². The average Bonchev–Trinajstić information content (AvgIpc) is 2.43. The number of morpholine rings is 1. The van der Waals surface area contributed by atoms with E-state index < -0.39 is 0 Å². The standard InChI is InChI=1S/C12H24N4O3/c1-12(2,16-3-5-19-6-4-16)9-15-11(18)8-14-10(17)7-13/h3-9,13H2,1-2H3,(H,14,17)(H,15,18). The zero-order valence-electron chi connectivity index (χ0n) is 11.7. The zero-order chi connectivity index (χ0) is 14.3. The molecular formula is C12H24N4O3. The molecule has 0 aromatic heterocycles. The molecule has 4 N–H and O–H groups in total. The Hall–Kier alpha value is -1.18. The van der Waals surface area contributed by atoms with Gasteiger partial charge in [-0.2, -0.15) is 0 Å². The van der Waals surface area contributed by atoms with Gasteiger partial charge in [0.25, 0.3) is 0 Å². The summed E-state index contributed by atoms with van der Waals surface area (Å²) in [4.78, 5) is 24.8. The summed E-state index contributed by atoms with van der Waals surface area (Å²) in [7, 11) is 0. The van der Waals surface area contributed by atoms with E-state index in [-0.39, 0.29) is 30.4 Å². The van der Waals surface area contributed by atoms with Crippen LogP contribution in [0.25, 0.3) is 0 Å². The van der Waals surface area contributed by atoms with Crippen molar-refractivity contribution in [2.75, 3.05) is 45.9 Å². The molecule has 0 aromatic rings.